The first-order valence-electron chi connectivity index (χ1n) is 22.3. The summed E-state index contributed by atoms with van der Waals surface area (Å²) in [7, 11) is 0. The molecule has 2 unspecified atom stereocenters. The van der Waals surface area contributed by atoms with Crippen molar-refractivity contribution in [3.63, 3.8) is 0 Å². The Balaban J connectivity index is 0.955. The lowest BCUT2D eigenvalue weighted by molar-refractivity contribution is -0.131. The highest BCUT2D eigenvalue weighted by atomic mass is 16.5. The largest absolute Gasteiger partial charge is 0.392 e. The monoisotopic (exact) mass is 791 g/mol. The minimum Gasteiger partial charge on any atom is -0.392 e. The van der Waals surface area contributed by atoms with E-state index in [1.165, 1.54) is 64.7 Å². The summed E-state index contributed by atoms with van der Waals surface area (Å²) in [6, 6.07) is 5.01. The van der Waals surface area contributed by atoms with Gasteiger partial charge in [0.15, 0.2) is 0 Å². The Kier molecular flexibility index (Phi) is 15.9. The summed E-state index contributed by atoms with van der Waals surface area (Å²) < 4.78 is 6.38. The molecule has 0 heterocycles. The van der Waals surface area contributed by atoms with E-state index < -0.39 is 29.8 Å². The van der Waals surface area contributed by atoms with Crippen molar-refractivity contribution >= 4 is 29.3 Å². The molecule has 4 amide bonds. The third-order valence-corrected chi connectivity index (χ3v) is 14.8. The summed E-state index contributed by atoms with van der Waals surface area (Å²) in [5.74, 6) is 3.49. The summed E-state index contributed by atoms with van der Waals surface area (Å²) in [4.78, 5) is 50.1. The molecule has 3 fully saturated rings. The number of fused-ring (bicyclic) bond motifs is 5. The number of amides is 4. The molecule has 1 aromatic rings. The van der Waals surface area contributed by atoms with Gasteiger partial charge in [0.1, 0.15) is 12.1 Å². The molecule has 1 aromatic carbocycles. The van der Waals surface area contributed by atoms with Crippen LogP contribution in [0, 0.1) is 46.3 Å². The second-order valence-electron chi connectivity index (χ2n) is 19.1. The lowest BCUT2D eigenvalue weighted by atomic mass is 9.47. The molecule has 5 N–H and O–H groups in total. The number of carbonyl (C=O) groups excluding carboxylic acids is 4. The van der Waals surface area contributed by atoms with Crippen LogP contribution in [0.2, 0.25) is 0 Å². The smallest absolute Gasteiger partial charge is 0.246 e. The number of anilines is 1. The standard InChI is InChI=1S/C47H74N4O6/c1-30(2)10-8-11-31(3)39-18-19-40-38-17-14-35-28-37(22-24-46(35,6)41(38)23-25-47(39,40)7)57-27-9-26-48-42(53)20-21-43(54)49-32(4)44(55)50-33(5)45(56)51-36-15-12-34(29-52)13-16-36/h12-16,30-33,37-41,52H,8-11,17-29H2,1-7H3,(H,48,53)(H,49,54)(H,50,55)(H,51,56)/t31-,32+,33+,37+,38+,39?,40?,41+,46+,47-/m1/s1. The van der Waals surface area contributed by atoms with E-state index >= 15 is 0 Å². The molecule has 4 aliphatic rings. The summed E-state index contributed by atoms with van der Waals surface area (Å²) in [5.41, 5.74) is 3.71. The molecule has 10 heteroatoms. The Morgan fingerprint density at radius 1 is 0.825 bits per heavy atom. The van der Waals surface area contributed by atoms with E-state index in [-0.39, 0.29) is 31.5 Å². The average Bonchev–Trinajstić information content (AvgIpc) is 3.54. The molecule has 0 bridgehead atoms. The van der Waals surface area contributed by atoms with E-state index in [4.69, 9.17) is 4.74 Å². The van der Waals surface area contributed by atoms with Gasteiger partial charge in [0.25, 0.3) is 0 Å². The Morgan fingerprint density at radius 2 is 1.54 bits per heavy atom. The van der Waals surface area contributed by atoms with Crippen molar-refractivity contribution in [3.05, 3.63) is 41.5 Å². The Bertz CT molecular complexity index is 1560. The molecule has 3 saturated carbocycles. The number of benzene rings is 1. The topological polar surface area (TPSA) is 146 Å². The summed E-state index contributed by atoms with van der Waals surface area (Å²) >= 11 is 0. The van der Waals surface area contributed by atoms with Crippen molar-refractivity contribution in [3.8, 4) is 0 Å². The average molecular weight is 791 g/mol. The maximum absolute atomic E-state index is 12.6. The number of allylic oxidation sites excluding steroid dienone is 1. The molecule has 0 aromatic heterocycles. The summed E-state index contributed by atoms with van der Waals surface area (Å²) in [5, 5.41) is 20.0. The van der Waals surface area contributed by atoms with Crippen LogP contribution in [-0.4, -0.2) is 60.1 Å². The van der Waals surface area contributed by atoms with Crippen molar-refractivity contribution in [1.82, 2.24) is 16.0 Å². The van der Waals surface area contributed by atoms with Crippen LogP contribution >= 0.6 is 0 Å². The van der Waals surface area contributed by atoms with E-state index in [9.17, 15) is 24.3 Å². The minimum absolute atomic E-state index is 0.0183. The fourth-order valence-corrected chi connectivity index (χ4v) is 11.4. The molecule has 5 rings (SSSR count). The molecular weight excluding hydrogens is 717 g/mol. The fourth-order valence-electron chi connectivity index (χ4n) is 11.4. The SMILES string of the molecule is CC(C)CCC[C@@H](C)C1CCC2[C@@H]3CC=C4C[C@@H](OCCCNC(=O)CCC(=O)N[C@@H](C)C(=O)N[C@@H](C)C(=O)Nc5ccc(CO)cc5)CC[C@]4(C)[C@H]3CC[C@]12C. The normalized spacial score (nSPS) is 29.5. The van der Waals surface area contributed by atoms with Gasteiger partial charge >= 0.3 is 0 Å². The fraction of sp³-hybridized carbons (Fsp3) is 0.745. The van der Waals surface area contributed by atoms with Crippen molar-refractivity contribution in [2.75, 3.05) is 18.5 Å². The van der Waals surface area contributed by atoms with Gasteiger partial charge in [-0.3, -0.25) is 19.2 Å². The highest BCUT2D eigenvalue weighted by Crippen LogP contribution is 2.67. The highest BCUT2D eigenvalue weighted by molar-refractivity contribution is 5.98. The zero-order valence-electron chi connectivity index (χ0n) is 36.1. The van der Waals surface area contributed by atoms with Crippen LogP contribution < -0.4 is 21.3 Å². The molecule has 0 saturated heterocycles. The summed E-state index contributed by atoms with van der Waals surface area (Å²) in [6.45, 7) is 16.6. The lowest BCUT2D eigenvalue weighted by Crippen LogP contribution is -2.51. The van der Waals surface area contributed by atoms with E-state index in [0.717, 1.165) is 53.9 Å². The van der Waals surface area contributed by atoms with Gasteiger partial charge in [0.2, 0.25) is 23.6 Å². The van der Waals surface area contributed by atoms with Crippen molar-refractivity contribution in [1.29, 1.82) is 0 Å². The van der Waals surface area contributed by atoms with Crippen LogP contribution in [0.3, 0.4) is 0 Å². The first-order valence-corrected chi connectivity index (χ1v) is 22.3. The van der Waals surface area contributed by atoms with E-state index in [1.807, 2.05) is 0 Å². The number of hydrogen-bond donors (Lipinski definition) is 5. The van der Waals surface area contributed by atoms with Crippen LogP contribution in [0.15, 0.2) is 35.9 Å². The Labute approximate surface area is 342 Å². The zero-order valence-corrected chi connectivity index (χ0v) is 36.1. The van der Waals surface area contributed by atoms with Crippen molar-refractivity contribution in [2.45, 2.75) is 163 Å². The first kappa shape index (κ1) is 44.9. The lowest BCUT2D eigenvalue weighted by Gasteiger charge is -2.58. The Morgan fingerprint density at radius 3 is 2.26 bits per heavy atom. The van der Waals surface area contributed by atoms with Gasteiger partial charge < -0.3 is 31.1 Å². The molecule has 10 atom stereocenters. The minimum atomic E-state index is -0.878. The maximum atomic E-state index is 12.6. The van der Waals surface area contributed by atoms with Gasteiger partial charge in [-0.15, -0.1) is 0 Å². The van der Waals surface area contributed by atoms with Gasteiger partial charge in [-0.1, -0.05) is 77.7 Å². The van der Waals surface area contributed by atoms with Gasteiger partial charge in [-0.25, -0.2) is 0 Å². The van der Waals surface area contributed by atoms with Crippen LogP contribution in [-0.2, 0) is 30.5 Å². The molecule has 4 aliphatic carbocycles. The number of carbonyl (C=O) groups is 4. The summed E-state index contributed by atoms with van der Waals surface area (Å²) in [6.07, 6.45) is 17.9. The quantitative estimate of drug-likeness (QED) is 0.0714. The van der Waals surface area contributed by atoms with E-state index in [2.05, 4.69) is 62.0 Å². The molecule has 0 spiro atoms. The molecule has 0 aliphatic heterocycles. The zero-order chi connectivity index (χ0) is 41.3. The maximum Gasteiger partial charge on any atom is 0.246 e. The van der Waals surface area contributed by atoms with Gasteiger partial charge in [0, 0.05) is 31.7 Å². The molecule has 57 heavy (non-hydrogen) atoms. The van der Waals surface area contributed by atoms with Gasteiger partial charge in [0.05, 0.1) is 12.7 Å². The highest BCUT2D eigenvalue weighted by Gasteiger charge is 2.59. The molecule has 0 radical (unpaired) electrons. The number of aliphatic hydroxyl groups excluding tert-OH is 1. The number of nitrogens with one attached hydrogen (secondary N) is 4. The molecule has 318 valence electrons. The predicted molar refractivity (Wildman–Crippen MR) is 226 cm³/mol. The third-order valence-electron chi connectivity index (χ3n) is 14.8. The van der Waals surface area contributed by atoms with Crippen LogP contribution in [0.25, 0.3) is 0 Å². The van der Waals surface area contributed by atoms with Crippen LogP contribution in [0.1, 0.15) is 144 Å². The van der Waals surface area contributed by atoms with Crippen LogP contribution in [0.4, 0.5) is 5.69 Å². The van der Waals surface area contributed by atoms with Crippen molar-refractivity contribution in [2.24, 2.45) is 46.3 Å². The van der Waals surface area contributed by atoms with E-state index in [1.54, 1.807) is 36.8 Å². The second kappa shape index (κ2) is 20.1. The number of rotatable bonds is 19. The third kappa shape index (κ3) is 11.3. The second-order valence-corrected chi connectivity index (χ2v) is 19.1. The Hall–Kier alpha value is -3.24. The van der Waals surface area contributed by atoms with Gasteiger partial charge in [-0.05, 0) is 136 Å². The first-order chi connectivity index (χ1) is 27.1. The van der Waals surface area contributed by atoms with Crippen LogP contribution in [0.5, 0.6) is 0 Å². The molecule has 10 nitrogen and oxygen atoms in total. The van der Waals surface area contributed by atoms with Crippen molar-refractivity contribution < 1.29 is 29.0 Å². The van der Waals surface area contributed by atoms with E-state index in [0.29, 0.717) is 36.1 Å². The number of aliphatic hydroxyl groups is 1. The predicted octanol–water partition coefficient (Wildman–Crippen LogP) is 7.84. The van der Waals surface area contributed by atoms with Gasteiger partial charge in [-0.2, -0.15) is 0 Å². The molecular formula is C47H74N4O6. The number of hydrogen-bond acceptors (Lipinski definition) is 6. The number of ether oxygens (including phenoxy) is 1.